The highest BCUT2D eigenvalue weighted by Crippen LogP contribution is 2.40. The highest BCUT2D eigenvalue weighted by Gasteiger charge is 2.54. The minimum absolute atomic E-state index is 0.226. The van der Waals surface area contributed by atoms with Gasteiger partial charge in [-0.15, -0.1) is 0 Å². The first-order valence-corrected chi connectivity index (χ1v) is 8.60. The zero-order valence-electron chi connectivity index (χ0n) is 11.8. The molecule has 0 radical (unpaired) electrons. The minimum Gasteiger partial charge on any atom is -0.277 e. The number of nitrogens with one attached hydrogen (secondary N) is 1. The lowest BCUT2D eigenvalue weighted by Gasteiger charge is -2.43. The van der Waals surface area contributed by atoms with Crippen LogP contribution in [0.4, 0.5) is 4.79 Å². The van der Waals surface area contributed by atoms with Crippen LogP contribution in [0.2, 0.25) is 0 Å². The van der Waals surface area contributed by atoms with Crippen LogP contribution < -0.4 is 5.32 Å². The number of barbiturate groups is 1. The van der Waals surface area contributed by atoms with E-state index in [1.165, 1.54) is 6.26 Å². The first-order valence-electron chi connectivity index (χ1n) is 6.87. The second-order valence-electron chi connectivity index (χ2n) is 5.67. The van der Waals surface area contributed by atoms with Gasteiger partial charge in [-0.05, 0) is 19.8 Å². The summed E-state index contributed by atoms with van der Waals surface area (Å²) in [5, 5.41) is 2.30. The summed E-state index contributed by atoms with van der Waals surface area (Å²) in [6, 6.07) is -1.16. The third kappa shape index (κ3) is 2.51. The molecule has 2 rings (SSSR count). The summed E-state index contributed by atoms with van der Waals surface area (Å²) in [5.74, 6) is -0.652. The number of urea groups is 1. The molecule has 2 aliphatic rings. The molecule has 1 aliphatic heterocycles. The quantitative estimate of drug-likeness (QED) is 0.781. The SMILES string of the molecule is CC(CS(C)=O)N1C(=O)NC(=O)C2(CCCCC2)C1=O. The summed E-state index contributed by atoms with van der Waals surface area (Å²) in [6.45, 7) is 1.69. The van der Waals surface area contributed by atoms with Crippen molar-refractivity contribution in [2.75, 3.05) is 12.0 Å². The average molecular weight is 300 g/mol. The fourth-order valence-electron chi connectivity index (χ4n) is 3.11. The topological polar surface area (TPSA) is 83.6 Å². The van der Waals surface area contributed by atoms with Gasteiger partial charge in [0.2, 0.25) is 11.8 Å². The van der Waals surface area contributed by atoms with Crippen LogP contribution in [0.5, 0.6) is 0 Å². The van der Waals surface area contributed by atoms with Gasteiger partial charge in [0.05, 0.1) is 6.04 Å². The van der Waals surface area contributed by atoms with Crippen molar-refractivity contribution < 1.29 is 18.6 Å². The highest BCUT2D eigenvalue weighted by atomic mass is 32.2. The number of imide groups is 2. The van der Waals surface area contributed by atoms with Gasteiger partial charge in [0.25, 0.3) is 0 Å². The monoisotopic (exact) mass is 300 g/mol. The Morgan fingerprint density at radius 2 is 1.85 bits per heavy atom. The number of carbonyl (C=O) groups excluding carboxylic acids is 3. The van der Waals surface area contributed by atoms with Gasteiger partial charge < -0.3 is 0 Å². The van der Waals surface area contributed by atoms with Crippen molar-refractivity contribution in [3.8, 4) is 0 Å². The number of amides is 4. The van der Waals surface area contributed by atoms with Gasteiger partial charge in [-0.2, -0.15) is 0 Å². The molecule has 0 aromatic heterocycles. The molecule has 1 heterocycles. The maximum absolute atomic E-state index is 12.7. The molecule has 0 aromatic rings. The normalized spacial score (nSPS) is 25.5. The Kier molecular flexibility index (Phi) is 4.27. The van der Waals surface area contributed by atoms with Crippen molar-refractivity contribution in [3.63, 3.8) is 0 Å². The molecule has 112 valence electrons. The smallest absolute Gasteiger partial charge is 0.277 e. The zero-order chi connectivity index (χ0) is 14.9. The molecule has 6 nitrogen and oxygen atoms in total. The van der Waals surface area contributed by atoms with Crippen molar-refractivity contribution in [1.29, 1.82) is 0 Å². The van der Waals surface area contributed by atoms with Crippen LogP contribution in [-0.4, -0.2) is 45.0 Å². The lowest BCUT2D eigenvalue weighted by molar-refractivity contribution is -0.154. The van der Waals surface area contributed by atoms with Gasteiger partial charge in [-0.25, -0.2) is 4.79 Å². The van der Waals surface area contributed by atoms with E-state index in [9.17, 15) is 18.6 Å². The van der Waals surface area contributed by atoms with Gasteiger partial charge >= 0.3 is 6.03 Å². The predicted octanol–water partition coefficient (Wildman–Crippen LogP) is 0.782. The molecule has 2 atom stereocenters. The maximum Gasteiger partial charge on any atom is 0.331 e. The van der Waals surface area contributed by atoms with Crippen LogP contribution in [0.1, 0.15) is 39.0 Å². The molecular weight excluding hydrogens is 280 g/mol. The molecular formula is C13H20N2O4S. The second-order valence-corrected chi connectivity index (χ2v) is 7.15. The van der Waals surface area contributed by atoms with Gasteiger partial charge in [0.15, 0.2) is 0 Å². The van der Waals surface area contributed by atoms with E-state index in [2.05, 4.69) is 5.32 Å². The van der Waals surface area contributed by atoms with Crippen LogP contribution in [-0.2, 0) is 20.4 Å². The first-order chi connectivity index (χ1) is 9.38. The molecule has 1 saturated heterocycles. The summed E-state index contributed by atoms with van der Waals surface area (Å²) in [6.07, 6.45) is 5.15. The van der Waals surface area contributed by atoms with Gasteiger partial charge in [-0.3, -0.25) is 24.0 Å². The third-order valence-corrected chi connectivity index (χ3v) is 5.08. The number of rotatable bonds is 3. The number of hydrogen-bond acceptors (Lipinski definition) is 4. The lowest BCUT2D eigenvalue weighted by Crippen LogP contribution is -2.66. The molecule has 1 spiro atoms. The fourth-order valence-corrected chi connectivity index (χ4v) is 3.94. The Bertz CT molecular complexity index is 471. The van der Waals surface area contributed by atoms with Crippen LogP contribution >= 0.6 is 0 Å². The Balaban J connectivity index is 2.28. The Hall–Kier alpha value is -1.24. The van der Waals surface area contributed by atoms with Crippen molar-refractivity contribution in [2.24, 2.45) is 5.41 Å². The molecule has 1 N–H and O–H groups in total. The van der Waals surface area contributed by atoms with E-state index in [1.54, 1.807) is 6.92 Å². The number of nitrogens with zero attached hydrogens (tertiary/aromatic N) is 1. The van der Waals surface area contributed by atoms with E-state index in [-0.39, 0.29) is 5.75 Å². The Labute approximate surface area is 120 Å². The molecule has 20 heavy (non-hydrogen) atoms. The van der Waals surface area contributed by atoms with E-state index in [0.717, 1.165) is 24.2 Å². The minimum atomic E-state index is -1.11. The second kappa shape index (κ2) is 5.63. The summed E-state index contributed by atoms with van der Waals surface area (Å²) >= 11 is 0. The Morgan fingerprint density at radius 3 is 2.40 bits per heavy atom. The van der Waals surface area contributed by atoms with Crippen LogP contribution in [0, 0.1) is 5.41 Å². The molecule has 2 fully saturated rings. The number of carbonyl (C=O) groups is 3. The molecule has 4 amide bonds. The summed E-state index contributed by atoms with van der Waals surface area (Å²) < 4.78 is 11.3. The summed E-state index contributed by atoms with van der Waals surface area (Å²) in [4.78, 5) is 37.9. The molecule has 0 bridgehead atoms. The van der Waals surface area contributed by atoms with E-state index in [1.807, 2.05) is 0 Å². The van der Waals surface area contributed by atoms with E-state index in [4.69, 9.17) is 0 Å². The fraction of sp³-hybridized carbons (Fsp3) is 0.769. The maximum atomic E-state index is 12.7. The van der Waals surface area contributed by atoms with Gasteiger partial charge in [-0.1, -0.05) is 19.3 Å². The van der Waals surface area contributed by atoms with Crippen molar-refractivity contribution in [2.45, 2.75) is 45.1 Å². The molecule has 7 heteroatoms. The van der Waals surface area contributed by atoms with E-state index in [0.29, 0.717) is 12.8 Å². The predicted molar refractivity (Wildman–Crippen MR) is 74.3 cm³/mol. The largest absolute Gasteiger partial charge is 0.331 e. The third-order valence-electron chi connectivity index (χ3n) is 4.13. The van der Waals surface area contributed by atoms with Gasteiger partial charge in [0.1, 0.15) is 5.41 Å². The van der Waals surface area contributed by atoms with Gasteiger partial charge in [0, 0.05) is 22.8 Å². The summed E-state index contributed by atoms with van der Waals surface area (Å²) in [5.41, 5.74) is -1.09. The lowest BCUT2D eigenvalue weighted by atomic mass is 9.71. The van der Waals surface area contributed by atoms with Crippen molar-refractivity contribution in [1.82, 2.24) is 10.2 Å². The highest BCUT2D eigenvalue weighted by molar-refractivity contribution is 7.84. The average Bonchev–Trinajstić information content (AvgIpc) is 2.37. The molecule has 0 aromatic carbocycles. The summed E-state index contributed by atoms with van der Waals surface area (Å²) in [7, 11) is -1.11. The number of hydrogen-bond donors (Lipinski definition) is 1. The first kappa shape index (κ1) is 15.2. The molecule has 1 aliphatic carbocycles. The Morgan fingerprint density at radius 1 is 1.25 bits per heavy atom. The van der Waals surface area contributed by atoms with E-state index < -0.39 is 40.1 Å². The van der Waals surface area contributed by atoms with Crippen LogP contribution in [0.15, 0.2) is 0 Å². The molecule has 2 unspecified atom stereocenters. The zero-order valence-corrected chi connectivity index (χ0v) is 12.6. The standard InChI is InChI=1S/C13H20N2O4S/c1-9(8-20(2)19)15-11(17)13(6-4-3-5-7-13)10(16)14-12(15)18/h9H,3-8H2,1-2H3,(H,14,16,18). The van der Waals surface area contributed by atoms with E-state index >= 15 is 0 Å². The molecule has 1 saturated carbocycles. The van der Waals surface area contributed by atoms with Crippen LogP contribution in [0.3, 0.4) is 0 Å². The van der Waals surface area contributed by atoms with Crippen molar-refractivity contribution in [3.05, 3.63) is 0 Å². The van der Waals surface area contributed by atoms with Crippen LogP contribution in [0.25, 0.3) is 0 Å². The van der Waals surface area contributed by atoms with Crippen molar-refractivity contribution >= 4 is 28.6 Å².